The maximum atomic E-state index is 12.1. The smallest absolute Gasteiger partial charge is 0.315 e. The molecule has 3 saturated heterocycles. The Morgan fingerprint density at radius 3 is 2.92 bits per heavy atom. The molecule has 1 unspecified atom stereocenters. The molecule has 4 atom stereocenters. The molecule has 1 aromatic carbocycles. The zero-order chi connectivity index (χ0) is 16.5. The summed E-state index contributed by atoms with van der Waals surface area (Å²) in [7, 11) is 0. The number of benzene rings is 1. The summed E-state index contributed by atoms with van der Waals surface area (Å²) in [6.45, 7) is 2.62. The Labute approximate surface area is 147 Å². The number of rotatable bonds is 4. The first-order valence-corrected chi connectivity index (χ1v) is 9.26. The maximum absolute atomic E-state index is 12.1. The van der Waals surface area contributed by atoms with Crippen LogP contribution in [0.15, 0.2) is 24.3 Å². The Hall–Kier alpha value is -1.46. The Kier molecular flexibility index (Phi) is 4.55. The summed E-state index contributed by atoms with van der Waals surface area (Å²) >= 11 is 6.27. The van der Waals surface area contributed by atoms with E-state index >= 15 is 0 Å². The second kappa shape index (κ2) is 6.81. The van der Waals surface area contributed by atoms with Gasteiger partial charge in [-0.25, -0.2) is 4.79 Å². The molecule has 3 aliphatic rings. The molecule has 3 fully saturated rings. The first-order chi connectivity index (χ1) is 11.7. The van der Waals surface area contributed by atoms with Crippen LogP contribution in [0, 0.1) is 5.92 Å². The van der Waals surface area contributed by atoms with Crippen molar-refractivity contribution in [2.75, 3.05) is 24.5 Å². The topological polar surface area (TPSA) is 53.6 Å². The fraction of sp³-hybridized carbons (Fsp3) is 0.611. The average Bonchev–Trinajstić information content (AvgIpc) is 3.30. The third kappa shape index (κ3) is 3.33. The summed E-state index contributed by atoms with van der Waals surface area (Å²) in [4.78, 5) is 14.4. The molecule has 5 nitrogen and oxygen atoms in total. The van der Waals surface area contributed by atoms with Gasteiger partial charge in [-0.3, -0.25) is 0 Å². The van der Waals surface area contributed by atoms with Gasteiger partial charge in [0.15, 0.2) is 0 Å². The van der Waals surface area contributed by atoms with Crippen LogP contribution in [0.25, 0.3) is 0 Å². The Morgan fingerprint density at radius 2 is 2.17 bits per heavy atom. The standard InChI is InChI=1S/C18H24ClN3O2/c19-14-3-1-2-4-16(14)22-8-7-12(11-22)10-20-18(23)21-15-9-13-5-6-17(15)24-13/h1-4,12-13,15,17H,5-11H2,(H2,20,21,23)/t12?,13-,15+,17+/m0/s1. The summed E-state index contributed by atoms with van der Waals surface area (Å²) in [6, 6.07) is 8.06. The summed E-state index contributed by atoms with van der Waals surface area (Å²) < 4.78 is 5.78. The molecule has 0 saturated carbocycles. The van der Waals surface area contributed by atoms with Gasteiger partial charge in [0, 0.05) is 19.6 Å². The Morgan fingerprint density at radius 1 is 1.29 bits per heavy atom. The quantitative estimate of drug-likeness (QED) is 0.878. The number of urea groups is 1. The minimum absolute atomic E-state index is 0.0626. The van der Waals surface area contributed by atoms with Gasteiger partial charge in [-0.1, -0.05) is 23.7 Å². The fourth-order valence-corrected chi connectivity index (χ4v) is 4.43. The lowest BCUT2D eigenvalue weighted by Crippen LogP contribution is -2.47. The van der Waals surface area contributed by atoms with Crippen molar-refractivity contribution >= 4 is 23.3 Å². The number of hydrogen-bond donors (Lipinski definition) is 2. The first kappa shape index (κ1) is 16.0. The van der Waals surface area contributed by atoms with Crippen molar-refractivity contribution in [3.63, 3.8) is 0 Å². The van der Waals surface area contributed by atoms with Crippen molar-refractivity contribution in [1.82, 2.24) is 10.6 Å². The molecule has 3 heterocycles. The number of carbonyl (C=O) groups excluding carboxylic acids is 1. The summed E-state index contributed by atoms with van der Waals surface area (Å²) in [5, 5.41) is 6.90. The number of carbonyl (C=O) groups is 1. The van der Waals surface area contributed by atoms with Gasteiger partial charge in [-0.2, -0.15) is 0 Å². The highest BCUT2D eigenvalue weighted by atomic mass is 35.5. The minimum Gasteiger partial charge on any atom is -0.373 e. The van der Waals surface area contributed by atoms with E-state index in [1.54, 1.807) is 0 Å². The number of anilines is 1. The van der Waals surface area contributed by atoms with Gasteiger partial charge in [0.25, 0.3) is 0 Å². The number of fused-ring (bicyclic) bond motifs is 2. The van der Waals surface area contributed by atoms with Crippen molar-refractivity contribution in [3.05, 3.63) is 29.3 Å². The maximum Gasteiger partial charge on any atom is 0.315 e. The zero-order valence-corrected chi connectivity index (χ0v) is 14.5. The number of halogens is 1. The van der Waals surface area contributed by atoms with Crippen LogP contribution >= 0.6 is 11.6 Å². The largest absolute Gasteiger partial charge is 0.373 e. The predicted octanol–water partition coefficient (Wildman–Crippen LogP) is 2.79. The van der Waals surface area contributed by atoms with Gasteiger partial charge >= 0.3 is 6.03 Å². The van der Waals surface area contributed by atoms with Crippen molar-refractivity contribution in [3.8, 4) is 0 Å². The molecule has 2 N–H and O–H groups in total. The lowest BCUT2D eigenvalue weighted by molar-refractivity contribution is 0.0981. The molecule has 130 valence electrons. The van der Waals surface area contributed by atoms with E-state index in [0.29, 0.717) is 18.6 Å². The van der Waals surface area contributed by atoms with Gasteiger partial charge in [0.1, 0.15) is 0 Å². The molecule has 4 rings (SSSR count). The van der Waals surface area contributed by atoms with E-state index in [4.69, 9.17) is 16.3 Å². The van der Waals surface area contributed by atoms with Gasteiger partial charge in [-0.15, -0.1) is 0 Å². The van der Waals surface area contributed by atoms with Crippen molar-refractivity contribution in [2.24, 2.45) is 5.92 Å². The molecule has 3 aliphatic heterocycles. The zero-order valence-electron chi connectivity index (χ0n) is 13.7. The van der Waals surface area contributed by atoms with Gasteiger partial charge < -0.3 is 20.3 Å². The number of ether oxygens (including phenoxy) is 1. The Balaban J connectivity index is 1.22. The second-order valence-electron chi connectivity index (χ2n) is 7.12. The van der Waals surface area contributed by atoms with E-state index in [0.717, 1.165) is 49.5 Å². The molecule has 1 aromatic rings. The molecular formula is C18H24ClN3O2. The molecule has 0 spiro atoms. The van der Waals surface area contributed by atoms with Gasteiger partial charge in [-0.05, 0) is 43.7 Å². The monoisotopic (exact) mass is 349 g/mol. The van der Waals surface area contributed by atoms with Crippen LogP contribution in [0.4, 0.5) is 10.5 Å². The van der Waals surface area contributed by atoms with Crippen LogP contribution < -0.4 is 15.5 Å². The lowest BCUT2D eigenvalue weighted by atomic mass is 9.96. The summed E-state index contributed by atoms with van der Waals surface area (Å²) in [5.41, 5.74) is 1.09. The lowest BCUT2D eigenvalue weighted by Gasteiger charge is -2.22. The number of para-hydroxylation sites is 1. The third-order valence-corrected chi connectivity index (χ3v) is 5.77. The minimum atomic E-state index is -0.0626. The number of hydrogen-bond acceptors (Lipinski definition) is 3. The van der Waals surface area contributed by atoms with E-state index in [-0.39, 0.29) is 18.2 Å². The van der Waals surface area contributed by atoms with Crippen LogP contribution in [0.3, 0.4) is 0 Å². The van der Waals surface area contributed by atoms with Crippen LogP contribution in [0.5, 0.6) is 0 Å². The van der Waals surface area contributed by atoms with E-state index in [9.17, 15) is 4.79 Å². The molecule has 0 radical (unpaired) electrons. The van der Waals surface area contributed by atoms with Gasteiger partial charge in [0.05, 0.1) is 29.0 Å². The molecule has 0 aromatic heterocycles. The van der Waals surface area contributed by atoms with E-state index < -0.39 is 0 Å². The van der Waals surface area contributed by atoms with E-state index in [2.05, 4.69) is 21.6 Å². The van der Waals surface area contributed by atoms with Crippen molar-refractivity contribution in [2.45, 2.75) is 43.9 Å². The first-order valence-electron chi connectivity index (χ1n) is 8.88. The summed E-state index contributed by atoms with van der Waals surface area (Å²) in [6.07, 6.45) is 4.84. The van der Waals surface area contributed by atoms with Crippen molar-refractivity contribution < 1.29 is 9.53 Å². The van der Waals surface area contributed by atoms with Crippen LogP contribution in [0.1, 0.15) is 25.7 Å². The summed E-state index contributed by atoms with van der Waals surface area (Å²) in [5.74, 6) is 0.461. The average molecular weight is 350 g/mol. The van der Waals surface area contributed by atoms with Crippen LogP contribution in [-0.4, -0.2) is 43.9 Å². The van der Waals surface area contributed by atoms with Crippen LogP contribution in [0.2, 0.25) is 5.02 Å². The SMILES string of the molecule is O=C(NCC1CCN(c2ccccc2Cl)C1)N[C@@H]1C[C@@H]2CC[C@H]1O2. The van der Waals surface area contributed by atoms with Crippen molar-refractivity contribution in [1.29, 1.82) is 0 Å². The number of nitrogens with one attached hydrogen (secondary N) is 2. The normalized spacial score (nSPS) is 31.5. The molecule has 6 heteroatoms. The number of nitrogens with zero attached hydrogens (tertiary/aromatic N) is 1. The molecule has 2 bridgehead atoms. The fourth-order valence-electron chi connectivity index (χ4n) is 4.17. The Bertz CT molecular complexity index is 612. The molecule has 24 heavy (non-hydrogen) atoms. The predicted molar refractivity (Wildman–Crippen MR) is 94.6 cm³/mol. The highest BCUT2D eigenvalue weighted by Crippen LogP contribution is 2.34. The van der Waals surface area contributed by atoms with E-state index in [1.807, 2.05) is 18.2 Å². The highest BCUT2D eigenvalue weighted by Gasteiger charge is 2.41. The second-order valence-corrected chi connectivity index (χ2v) is 7.53. The molecular weight excluding hydrogens is 326 g/mol. The number of amides is 2. The molecule has 0 aliphatic carbocycles. The van der Waals surface area contributed by atoms with Gasteiger partial charge in [0.2, 0.25) is 0 Å². The third-order valence-electron chi connectivity index (χ3n) is 5.45. The van der Waals surface area contributed by atoms with E-state index in [1.165, 1.54) is 0 Å². The molecule has 2 amide bonds. The highest BCUT2D eigenvalue weighted by molar-refractivity contribution is 6.33. The van der Waals surface area contributed by atoms with Crippen LogP contribution in [-0.2, 0) is 4.74 Å².